The second-order valence-electron chi connectivity index (χ2n) is 11.4. The summed E-state index contributed by atoms with van der Waals surface area (Å²) in [5, 5.41) is 8.96. The molecule has 8 aromatic rings. The Morgan fingerprint density at radius 3 is 1.81 bits per heavy atom. The summed E-state index contributed by atoms with van der Waals surface area (Å²) in [7, 11) is 2.06. The van der Waals surface area contributed by atoms with Gasteiger partial charge >= 0.3 is 268 Å². The Balaban J connectivity index is 1.42. The summed E-state index contributed by atoms with van der Waals surface area (Å²) in [6.45, 7) is -0.210. The Labute approximate surface area is 284 Å². The van der Waals surface area contributed by atoms with E-state index in [4.69, 9.17) is 0 Å². The fourth-order valence-corrected chi connectivity index (χ4v) is 6.92. The molecule has 7 heteroatoms. The zero-order valence-corrected chi connectivity index (χ0v) is 27.8. The van der Waals surface area contributed by atoms with Gasteiger partial charge in [0.05, 0.1) is 0 Å². The molecule has 0 aliphatic heterocycles. The molecule has 0 fully saturated rings. The van der Waals surface area contributed by atoms with Crippen molar-refractivity contribution in [2.45, 2.75) is 0 Å². The van der Waals surface area contributed by atoms with Crippen LogP contribution in [0, 0.1) is 15.9 Å². The van der Waals surface area contributed by atoms with Crippen LogP contribution in [0.4, 0.5) is 0 Å². The van der Waals surface area contributed by atoms with Crippen LogP contribution >= 0.6 is 0 Å². The predicted molar refractivity (Wildman–Crippen MR) is 186 cm³/mol. The number of hydrogen-bond acceptors (Lipinski definition) is 2. The molecule has 0 spiro atoms. The molecule has 2 aromatic heterocycles. The van der Waals surface area contributed by atoms with Gasteiger partial charge in [-0.1, -0.05) is 12.1 Å². The molecule has 228 valence electrons. The number of hydrogen-bond donors (Lipinski definition) is 0. The van der Waals surface area contributed by atoms with E-state index < -0.39 is 0 Å². The monoisotopic (exact) mass is 784 g/mol. The molecule has 0 saturated heterocycles. The first kappa shape index (κ1) is 29.1. The fraction of sp³-hybridized carbons (Fsp3) is 0.0250. The van der Waals surface area contributed by atoms with Crippen LogP contribution in [0.1, 0.15) is 0 Å². The normalized spacial score (nSPS) is 11.2. The van der Waals surface area contributed by atoms with Crippen molar-refractivity contribution in [3.05, 3.63) is 168 Å². The molecule has 6 aromatic carbocycles. The van der Waals surface area contributed by atoms with Crippen LogP contribution in [0.5, 0.6) is 0 Å². The van der Waals surface area contributed by atoms with Crippen LogP contribution in [0.25, 0.3) is 44.7 Å². The zero-order valence-electron chi connectivity index (χ0n) is 25.6. The molecule has 8 rings (SSSR count). The Morgan fingerprint density at radius 2 is 1.17 bits per heavy atom. The van der Waals surface area contributed by atoms with E-state index in [9.17, 15) is 0 Å². The van der Waals surface area contributed by atoms with Gasteiger partial charge in [0.15, 0.2) is 0 Å². The third-order valence-corrected chi connectivity index (χ3v) is 9.87. The third kappa shape index (κ3) is 5.45. The summed E-state index contributed by atoms with van der Waals surface area (Å²) in [6.07, 6.45) is 4.15. The topological polar surface area (TPSA) is 40.6 Å². The van der Waals surface area contributed by atoms with E-state index in [1.54, 1.807) is 0 Å². The first-order valence-corrected chi connectivity index (χ1v) is 16.6. The van der Waals surface area contributed by atoms with E-state index >= 15 is 0 Å². The van der Waals surface area contributed by atoms with Crippen LogP contribution in [-0.2, 0) is 26.4 Å². The predicted octanol–water partition coefficient (Wildman–Crippen LogP) is 6.08. The van der Waals surface area contributed by atoms with Crippen molar-refractivity contribution in [1.29, 1.82) is 0 Å². The summed E-state index contributed by atoms with van der Waals surface area (Å²) in [6, 6.07) is 56.3. The van der Waals surface area contributed by atoms with Crippen LogP contribution < -0.4 is 16.4 Å². The van der Waals surface area contributed by atoms with Crippen molar-refractivity contribution in [3.8, 4) is 33.6 Å². The number of benzene rings is 6. The van der Waals surface area contributed by atoms with E-state index in [-0.39, 0.29) is 6.71 Å². The molecule has 0 unspecified atom stereocenters. The summed E-state index contributed by atoms with van der Waals surface area (Å²) in [5.41, 5.74) is 11.5. The van der Waals surface area contributed by atoms with Crippen molar-refractivity contribution in [2.24, 2.45) is 7.05 Å². The molecular weight excluding hydrogens is 756 g/mol. The summed E-state index contributed by atoms with van der Waals surface area (Å²) < 4.78 is 7.25. The van der Waals surface area contributed by atoms with Crippen LogP contribution in [-0.4, -0.2) is 30.8 Å². The molecule has 0 atom stereocenters. The molecule has 0 N–H and O–H groups in total. The molecule has 5 nitrogen and oxygen atoms in total. The Hall–Kier alpha value is -5.32. The van der Waals surface area contributed by atoms with Crippen molar-refractivity contribution in [1.82, 2.24) is 24.1 Å². The van der Waals surface area contributed by atoms with Crippen molar-refractivity contribution in [3.63, 3.8) is 0 Å². The second-order valence-corrected chi connectivity index (χ2v) is 12.4. The summed E-state index contributed by atoms with van der Waals surface area (Å²) >= 11 is 2.36. The van der Waals surface area contributed by atoms with Gasteiger partial charge in [0.1, 0.15) is 0 Å². The van der Waals surface area contributed by atoms with E-state index in [1.165, 1.54) is 16.6 Å². The molecule has 0 aliphatic carbocycles. The number of aryl methyl sites for hydroxylation is 1. The molecule has 0 amide bonds. The maximum absolute atomic E-state index is 4.53. The Kier molecular flexibility index (Phi) is 7.72. The molecule has 0 bridgehead atoms. The van der Waals surface area contributed by atoms with E-state index in [1.807, 2.05) is 35.0 Å². The fourth-order valence-electron chi connectivity index (χ4n) is 6.31. The second kappa shape index (κ2) is 12.5. The quantitative estimate of drug-likeness (QED) is 0.145. The Morgan fingerprint density at radius 1 is 0.596 bits per heavy atom. The van der Waals surface area contributed by atoms with Crippen LogP contribution in [0.3, 0.4) is 0 Å². The average Bonchev–Trinajstić information content (AvgIpc) is 3.72. The van der Waals surface area contributed by atoms with Gasteiger partial charge in [0, 0.05) is 0 Å². The van der Waals surface area contributed by atoms with Gasteiger partial charge in [-0.3, -0.25) is 0 Å². The number of nitrogens with zero attached hydrogens (tertiary/aromatic N) is 5. The molecule has 0 saturated carbocycles. The van der Waals surface area contributed by atoms with Gasteiger partial charge in [-0.25, -0.2) is 0 Å². The van der Waals surface area contributed by atoms with Crippen LogP contribution in [0.2, 0.25) is 0 Å². The summed E-state index contributed by atoms with van der Waals surface area (Å²) in [4.78, 5) is 0. The minimum absolute atomic E-state index is 0.210. The molecule has 0 aliphatic rings. The Bertz CT molecular complexity index is 2350. The number of imidazole rings is 1. The van der Waals surface area contributed by atoms with Crippen molar-refractivity contribution >= 4 is 34.1 Å². The van der Waals surface area contributed by atoms with Gasteiger partial charge < -0.3 is 0 Å². The van der Waals surface area contributed by atoms with E-state index in [0.717, 1.165) is 48.3 Å². The molecule has 2 heterocycles. The van der Waals surface area contributed by atoms with Gasteiger partial charge in [0.25, 0.3) is 0 Å². The number of fused-ring (bicyclic) bond motifs is 1. The maximum atomic E-state index is 4.53. The summed E-state index contributed by atoms with van der Waals surface area (Å²) in [5.74, 6) is 0. The average molecular weight is 785 g/mol. The van der Waals surface area contributed by atoms with Gasteiger partial charge in [-0.15, -0.1) is 0 Å². The number of para-hydroxylation sites is 1. The third-order valence-electron chi connectivity index (χ3n) is 8.52. The van der Waals surface area contributed by atoms with Crippen molar-refractivity contribution < 1.29 is 19.4 Å². The number of rotatable bonds is 7. The van der Waals surface area contributed by atoms with Crippen molar-refractivity contribution in [2.75, 3.05) is 0 Å². The SMILES string of the molecule is Cn1ccn(-c2[c-]c(B(c3[c-]c(-n4nnc5ccccc54)ccc3)c3c(-c4ccccc4)cccc3-c3ccccc3)ccc2)[c]1=[Pt]. The van der Waals surface area contributed by atoms with Gasteiger partial charge in [0.2, 0.25) is 0 Å². The van der Waals surface area contributed by atoms with Crippen LogP contribution in [0.15, 0.2) is 152 Å². The van der Waals surface area contributed by atoms with E-state index in [2.05, 4.69) is 180 Å². The van der Waals surface area contributed by atoms with E-state index in [0.29, 0.717) is 0 Å². The molecular formula is C40H28BN5Pt-2. The van der Waals surface area contributed by atoms with Gasteiger partial charge in [-0.05, 0) is 6.07 Å². The first-order chi connectivity index (χ1) is 23.2. The first-order valence-electron chi connectivity index (χ1n) is 15.4. The number of aromatic nitrogens is 5. The molecule has 47 heavy (non-hydrogen) atoms. The zero-order chi connectivity index (χ0) is 31.7. The standard InChI is InChI=1S/C40H28BN5.Pt/c1-44-25-26-45(29-44)34-19-10-17-32(27-34)41(33-18-11-20-35(28-33)46-39-24-9-8-23-38(39)42-43-46)40-36(30-13-4-2-5-14-30)21-12-22-37(40)31-15-6-3-7-16-31;/h2-26H,1H3;/q-2;. The minimum atomic E-state index is -0.210. The molecule has 0 radical (unpaired) electrons. The van der Waals surface area contributed by atoms with Gasteiger partial charge in [-0.2, -0.15) is 0 Å².